The number of ether oxygens (including phenoxy) is 1. The molecule has 0 N–H and O–H groups in total. The fourth-order valence-corrected chi connectivity index (χ4v) is 8.77. The van der Waals surface area contributed by atoms with Crippen molar-refractivity contribution in [3.8, 4) is 0 Å². The summed E-state index contributed by atoms with van der Waals surface area (Å²) in [5.41, 5.74) is 18.1. The van der Waals surface area contributed by atoms with Gasteiger partial charge in [-0.3, -0.25) is 0 Å². The summed E-state index contributed by atoms with van der Waals surface area (Å²) >= 11 is 0. The standard InChI is InChI=1S/C49H59B2NO/c1-9-53-32-15-13-11-10-12-14-17-36-21-31-46-44(34-36)51(40-28-24-38(25-29-40)49(6,7)8)42-19-16-18-41-47(42)52(46)45-30-20-35(2)33-43(45)50(41)39-26-22-37(23-27-39)48(3,4)5/h16,18-31,33-34H,9-15,17,32H2,1-8H3. The van der Waals surface area contributed by atoms with Gasteiger partial charge in [-0.1, -0.05) is 175 Å². The number of aryl methyl sites for hydroxylation is 2. The lowest BCUT2D eigenvalue weighted by Gasteiger charge is -2.44. The monoisotopic (exact) mass is 699 g/mol. The molecule has 0 unspecified atom stereocenters. The molecule has 7 rings (SSSR count). The molecule has 2 nitrogen and oxygen atoms in total. The quantitative estimate of drug-likeness (QED) is 0.0936. The molecule has 0 spiro atoms. The van der Waals surface area contributed by atoms with Crippen LogP contribution in [0.25, 0.3) is 0 Å². The zero-order valence-electron chi connectivity index (χ0n) is 33.7. The Morgan fingerprint density at radius 2 is 1.06 bits per heavy atom. The summed E-state index contributed by atoms with van der Waals surface area (Å²) in [7, 11) is 0. The van der Waals surface area contributed by atoms with E-state index in [1.165, 1.54) is 111 Å². The second-order valence-electron chi connectivity index (χ2n) is 17.8. The third-order valence-corrected chi connectivity index (χ3v) is 11.8. The Labute approximate surface area is 321 Å². The van der Waals surface area contributed by atoms with Crippen molar-refractivity contribution in [2.24, 2.45) is 0 Å². The number of rotatable bonds is 12. The third kappa shape index (κ3) is 7.68. The second-order valence-corrected chi connectivity index (χ2v) is 17.8. The van der Waals surface area contributed by atoms with Crippen LogP contribution in [0.2, 0.25) is 0 Å². The van der Waals surface area contributed by atoms with Crippen LogP contribution in [0.4, 0.5) is 17.1 Å². The van der Waals surface area contributed by atoms with E-state index < -0.39 is 0 Å². The predicted octanol–water partition coefficient (Wildman–Crippen LogP) is 8.64. The zero-order chi connectivity index (χ0) is 37.3. The van der Waals surface area contributed by atoms with E-state index in [0.717, 1.165) is 19.6 Å². The lowest BCUT2D eigenvalue weighted by atomic mass is 9.30. The molecule has 53 heavy (non-hydrogen) atoms. The molecule has 0 saturated heterocycles. The smallest absolute Gasteiger partial charge is 0.246 e. The highest BCUT2D eigenvalue weighted by atomic mass is 16.5. The van der Waals surface area contributed by atoms with Gasteiger partial charge in [0.05, 0.1) is 0 Å². The summed E-state index contributed by atoms with van der Waals surface area (Å²) in [6, 6.07) is 40.7. The van der Waals surface area contributed by atoms with Crippen molar-refractivity contribution in [1.82, 2.24) is 0 Å². The Morgan fingerprint density at radius 1 is 0.547 bits per heavy atom. The Bertz CT molecular complexity index is 2030. The van der Waals surface area contributed by atoms with Gasteiger partial charge in [0.1, 0.15) is 0 Å². The van der Waals surface area contributed by atoms with Crippen LogP contribution >= 0.6 is 0 Å². The van der Waals surface area contributed by atoms with E-state index in [4.69, 9.17) is 4.74 Å². The summed E-state index contributed by atoms with van der Waals surface area (Å²) in [6.45, 7) is 20.2. The minimum atomic E-state index is 0.111. The van der Waals surface area contributed by atoms with Gasteiger partial charge in [0, 0.05) is 30.3 Å². The van der Waals surface area contributed by atoms with Crippen molar-refractivity contribution >= 4 is 63.3 Å². The number of hydrogen-bond donors (Lipinski definition) is 0. The van der Waals surface area contributed by atoms with Crippen molar-refractivity contribution in [3.63, 3.8) is 0 Å². The molecule has 0 atom stereocenters. The number of nitrogens with zero attached hydrogens (tertiary/aromatic N) is 1. The van der Waals surface area contributed by atoms with E-state index in [0.29, 0.717) is 0 Å². The van der Waals surface area contributed by atoms with Gasteiger partial charge in [0.15, 0.2) is 0 Å². The van der Waals surface area contributed by atoms with Crippen LogP contribution in [-0.4, -0.2) is 26.6 Å². The van der Waals surface area contributed by atoms with Gasteiger partial charge >= 0.3 is 0 Å². The average molecular weight is 700 g/mol. The number of anilines is 3. The number of fused-ring (bicyclic) bond motifs is 4. The van der Waals surface area contributed by atoms with Crippen LogP contribution in [0.5, 0.6) is 0 Å². The van der Waals surface area contributed by atoms with E-state index >= 15 is 0 Å². The van der Waals surface area contributed by atoms with Crippen LogP contribution < -0.4 is 37.7 Å². The minimum Gasteiger partial charge on any atom is -0.382 e. The van der Waals surface area contributed by atoms with Gasteiger partial charge < -0.3 is 9.64 Å². The summed E-state index contributed by atoms with van der Waals surface area (Å²) in [4.78, 5) is 2.61. The topological polar surface area (TPSA) is 12.5 Å². The molecule has 2 aliphatic heterocycles. The first-order valence-corrected chi connectivity index (χ1v) is 20.4. The van der Waals surface area contributed by atoms with Crippen molar-refractivity contribution in [3.05, 3.63) is 125 Å². The molecular weight excluding hydrogens is 640 g/mol. The highest BCUT2D eigenvalue weighted by Crippen LogP contribution is 2.38. The fraction of sp³-hybridized carbons (Fsp3) is 0.388. The van der Waals surface area contributed by atoms with Gasteiger partial charge in [-0.2, -0.15) is 0 Å². The van der Waals surface area contributed by atoms with Crippen LogP contribution in [-0.2, 0) is 22.0 Å². The summed E-state index contributed by atoms with van der Waals surface area (Å²) in [5.74, 6) is 0. The SMILES string of the molecule is CCOCCCCCCCCc1ccc2c(c1)B(c1ccc(C(C)(C)C)cc1)c1cccc3c1N2c1ccc(C)cc1B3c1ccc(C(C)(C)C)cc1. The fourth-order valence-electron chi connectivity index (χ4n) is 8.77. The molecular formula is C49H59B2NO. The highest BCUT2D eigenvalue weighted by Gasteiger charge is 2.43. The van der Waals surface area contributed by atoms with E-state index in [-0.39, 0.29) is 24.3 Å². The van der Waals surface area contributed by atoms with Gasteiger partial charge in [-0.15, -0.1) is 0 Å². The van der Waals surface area contributed by atoms with Gasteiger partial charge in [-0.25, -0.2) is 0 Å². The summed E-state index contributed by atoms with van der Waals surface area (Å²) < 4.78 is 5.53. The zero-order valence-corrected chi connectivity index (χ0v) is 33.7. The molecule has 2 heterocycles. The lowest BCUT2D eigenvalue weighted by molar-refractivity contribution is 0.143. The van der Waals surface area contributed by atoms with Crippen LogP contribution in [0, 0.1) is 6.92 Å². The van der Waals surface area contributed by atoms with Gasteiger partial charge in [-0.05, 0) is 94.6 Å². The maximum absolute atomic E-state index is 5.53. The summed E-state index contributed by atoms with van der Waals surface area (Å²) in [6.07, 6.45) is 8.71. The Kier molecular flexibility index (Phi) is 10.8. The first-order chi connectivity index (χ1) is 25.5. The van der Waals surface area contributed by atoms with Crippen LogP contribution in [0.15, 0.2) is 103 Å². The Balaban J connectivity index is 1.31. The number of para-hydroxylation sites is 1. The highest BCUT2D eigenvalue weighted by molar-refractivity contribution is 7.02. The van der Waals surface area contributed by atoms with Crippen LogP contribution in [0.1, 0.15) is 109 Å². The molecule has 0 bridgehead atoms. The van der Waals surface area contributed by atoms with Crippen molar-refractivity contribution < 1.29 is 4.74 Å². The predicted molar refractivity (Wildman–Crippen MR) is 233 cm³/mol. The first-order valence-electron chi connectivity index (χ1n) is 20.4. The Morgan fingerprint density at radius 3 is 1.60 bits per heavy atom. The molecule has 0 aliphatic carbocycles. The maximum atomic E-state index is 5.53. The number of hydrogen-bond acceptors (Lipinski definition) is 2. The average Bonchev–Trinajstić information content (AvgIpc) is 3.13. The van der Waals surface area contributed by atoms with E-state index in [1.807, 2.05) is 0 Å². The van der Waals surface area contributed by atoms with E-state index in [9.17, 15) is 0 Å². The van der Waals surface area contributed by atoms with E-state index in [2.05, 4.69) is 163 Å². The molecule has 0 saturated carbocycles. The number of benzene rings is 5. The molecule has 0 amide bonds. The molecule has 2 aliphatic rings. The largest absolute Gasteiger partial charge is 0.382 e. The molecule has 0 fully saturated rings. The lowest BCUT2D eigenvalue weighted by Crippen LogP contribution is -2.65. The molecule has 5 aromatic rings. The van der Waals surface area contributed by atoms with E-state index in [1.54, 1.807) is 0 Å². The van der Waals surface area contributed by atoms with Gasteiger partial charge in [0.25, 0.3) is 0 Å². The van der Waals surface area contributed by atoms with Crippen molar-refractivity contribution in [1.29, 1.82) is 0 Å². The third-order valence-electron chi connectivity index (χ3n) is 11.8. The second kappa shape index (κ2) is 15.4. The summed E-state index contributed by atoms with van der Waals surface area (Å²) in [5, 5.41) is 0. The number of unbranched alkanes of at least 4 members (excludes halogenated alkanes) is 5. The molecule has 4 heteroatoms. The Hall–Kier alpha value is -4.01. The molecule has 0 aromatic heterocycles. The van der Waals surface area contributed by atoms with Crippen LogP contribution in [0.3, 0.4) is 0 Å². The van der Waals surface area contributed by atoms with Gasteiger partial charge in [0.2, 0.25) is 13.4 Å². The molecule has 0 radical (unpaired) electrons. The minimum absolute atomic E-state index is 0.111. The maximum Gasteiger partial charge on any atom is 0.246 e. The first kappa shape index (κ1) is 37.3. The normalized spacial score (nSPS) is 13.5. The van der Waals surface area contributed by atoms with Crippen molar-refractivity contribution in [2.75, 3.05) is 18.1 Å². The van der Waals surface area contributed by atoms with Crippen molar-refractivity contribution in [2.45, 2.75) is 111 Å². The molecule has 5 aromatic carbocycles. The molecule has 272 valence electrons.